The molecule has 3 aromatic rings. The van der Waals surface area contributed by atoms with Gasteiger partial charge in [0.25, 0.3) is 5.56 Å². The number of allylic oxidation sites excluding steroid dienone is 1. The summed E-state index contributed by atoms with van der Waals surface area (Å²) in [6.45, 7) is 3.00. The van der Waals surface area contributed by atoms with Gasteiger partial charge in [-0.2, -0.15) is 0 Å². The Labute approximate surface area is 209 Å². The molecule has 2 aromatic carbocycles. The largest absolute Gasteiger partial charge is 0.493 e. The van der Waals surface area contributed by atoms with Crippen LogP contribution in [0.3, 0.4) is 0 Å². The number of carbonyl (C=O) groups is 2. The van der Waals surface area contributed by atoms with E-state index >= 15 is 0 Å². The summed E-state index contributed by atoms with van der Waals surface area (Å²) in [6.07, 6.45) is 1.69. The van der Waals surface area contributed by atoms with E-state index in [0.717, 1.165) is 0 Å². The molecule has 2 heterocycles. The van der Waals surface area contributed by atoms with Crippen LogP contribution in [0.4, 0.5) is 0 Å². The maximum atomic E-state index is 13.6. The van der Waals surface area contributed by atoms with E-state index in [2.05, 4.69) is 4.99 Å². The van der Waals surface area contributed by atoms with Crippen molar-refractivity contribution in [2.45, 2.75) is 19.9 Å². The van der Waals surface area contributed by atoms with Gasteiger partial charge in [-0.05, 0) is 42.3 Å². The van der Waals surface area contributed by atoms with Crippen LogP contribution in [0.2, 0.25) is 5.02 Å². The zero-order chi connectivity index (χ0) is 25.3. The number of methoxy groups -OCH3 is 2. The van der Waals surface area contributed by atoms with E-state index in [1.807, 2.05) is 0 Å². The van der Waals surface area contributed by atoms with E-state index in [9.17, 15) is 14.4 Å². The van der Waals surface area contributed by atoms with Crippen LogP contribution < -0.4 is 24.4 Å². The Morgan fingerprint density at radius 3 is 2.54 bits per heavy atom. The molecule has 8 nitrogen and oxygen atoms in total. The van der Waals surface area contributed by atoms with Crippen molar-refractivity contribution < 1.29 is 23.8 Å². The second-order valence-corrected chi connectivity index (χ2v) is 9.02. The number of benzene rings is 2. The van der Waals surface area contributed by atoms with Crippen LogP contribution >= 0.6 is 22.9 Å². The van der Waals surface area contributed by atoms with Crippen LogP contribution in [0.1, 0.15) is 31.0 Å². The highest BCUT2D eigenvalue weighted by atomic mass is 35.5. The molecule has 0 saturated carbocycles. The molecule has 0 spiro atoms. The normalized spacial score (nSPS) is 15.3. The van der Waals surface area contributed by atoms with Crippen LogP contribution in [-0.2, 0) is 14.3 Å². The van der Waals surface area contributed by atoms with Crippen LogP contribution in [0, 0.1) is 0 Å². The Hall–Kier alpha value is -3.69. The topological polar surface area (TPSA) is 96.2 Å². The summed E-state index contributed by atoms with van der Waals surface area (Å²) < 4.78 is 17.3. The Balaban J connectivity index is 1.92. The first-order valence-corrected chi connectivity index (χ1v) is 11.7. The average molecular weight is 513 g/mol. The Kier molecular flexibility index (Phi) is 6.90. The first-order valence-electron chi connectivity index (χ1n) is 10.5. The molecule has 0 saturated heterocycles. The van der Waals surface area contributed by atoms with Crippen molar-refractivity contribution in [2.75, 3.05) is 14.2 Å². The fraction of sp³-hybridized carbons (Fsp3) is 0.200. The predicted octanol–water partition coefficient (Wildman–Crippen LogP) is 3.00. The molecule has 1 aliphatic heterocycles. The second kappa shape index (κ2) is 9.89. The van der Waals surface area contributed by atoms with Gasteiger partial charge < -0.3 is 14.2 Å². The number of hydrogen-bond acceptors (Lipinski definition) is 8. The third-order valence-electron chi connectivity index (χ3n) is 5.37. The minimum absolute atomic E-state index is 0.243. The number of esters is 2. The van der Waals surface area contributed by atoms with Gasteiger partial charge in [-0.1, -0.05) is 47.2 Å². The van der Waals surface area contributed by atoms with Crippen molar-refractivity contribution >= 4 is 41.0 Å². The zero-order valence-corrected chi connectivity index (χ0v) is 20.9. The van der Waals surface area contributed by atoms with Gasteiger partial charge in [-0.25, -0.2) is 9.79 Å². The van der Waals surface area contributed by atoms with Gasteiger partial charge in [0.15, 0.2) is 16.3 Å². The minimum Gasteiger partial charge on any atom is -0.493 e. The van der Waals surface area contributed by atoms with E-state index in [4.69, 9.17) is 25.8 Å². The van der Waals surface area contributed by atoms with E-state index in [-0.39, 0.29) is 16.9 Å². The zero-order valence-electron chi connectivity index (χ0n) is 19.3. The summed E-state index contributed by atoms with van der Waals surface area (Å²) in [5, 5.41) is 0.411. The van der Waals surface area contributed by atoms with Crippen LogP contribution in [0.25, 0.3) is 6.08 Å². The number of halogens is 1. The SMILES string of the molecule is COC(=O)C1=C(C)N=c2s/c(=C/c3ccc(OC(C)=O)c(OC)c3)c(=O)n2C1c1ccccc1Cl. The number of ether oxygens (including phenoxy) is 3. The Morgan fingerprint density at radius 2 is 1.89 bits per heavy atom. The fourth-order valence-electron chi connectivity index (χ4n) is 3.85. The monoisotopic (exact) mass is 512 g/mol. The van der Waals surface area contributed by atoms with Crippen molar-refractivity contribution in [3.63, 3.8) is 0 Å². The van der Waals surface area contributed by atoms with E-state index in [1.165, 1.54) is 37.0 Å². The molecule has 1 aromatic heterocycles. The number of fused-ring (bicyclic) bond motifs is 1. The smallest absolute Gasteiger partial charge is 0.338 e. The number of aromatic nitrogens is 1. The third kappa shape index (κ3) is 4.65. The van der Waals surface area contributed by atoms with Gasteiger partial charge in [0.2, 0.25) is 0 Å². The Morgan fingerprint density at radius 1 is 1.14 bits per heavy atom. The molecular formula is C25H21ClN2O6S. The number of thiazole rings is 1. The first-order chi connectivity index (χ1) is 16.7. The number of rotatable bonds is 5. The lowest BCUT2D eigenvalue weighted by molar-refractivity contribution is -0.136. The van der Waals surface area contributed by atoms with E-state index in [0.29, 0.717) is 36.9 Å². The summed E-state index contributed by atoms with van der Waals surface area (Å²) in [5.74, 6) is -0.438. The highest BCUT2D eigenvalue weighted by Gasteiger charge is 2.34. The van der Waals surface area contributed by atoms with Crippen molar-refractivity contribution in [1.29, 1.82) is 0 Å². The van der Waals surface area contributed by atoms with Crippen LogP contribution in [-0.4, -0.2) is 30.7 Å². The lowest BCUT2D eigenvalue weighted by atomic mass is 9.96. The number of carbonyl (C=O) groups excluding carboxylic acids is 2. The second-order valence-electron chi connectivity index (χ2n) is 7.60. The maximum Gasteiger partial charge on any atom is 0.338 e. The summed E-state index contributed by atoms with van der Waals surface area (Å²) in [7, 11) is 2.74. The molecule has 35 heavy (non-hydrogen) atoms. The van der Waals surface area contributed by atoms with Gasteiger partial charge >= 0.3 is 11.9 Å². The summed E-state index contributed by atoms with van der Waals surface area (Å²) in [6, 6.07) is 11.2. The molecule has 180 valence electrons. The molecule has 0 bridgehead atoms. The van der Waals surface area contributed by atoms with Gasteiger partial charge in [-0.3, -0.25) is 14.2 Å². The molecular weight excluding hydrogens is 492 g/mol. The summed E-state index contributed by atoms with van der Waals surface area (Å²) in [5.41, 5.74) is 1.59. The van der Waals surface area contributed by atoms with Crippen molar-refractivity contribution in [1.82, 2.24) is 4.57 Å². The molecule has 4 rings (SSSR count). The van der Waals surface area contributed by atoms with Gasteiger partial charge in [0.1, 0.15) is 6.04 Å². The van der Waals surface area contributed by atoms with Crippen molar-refractivity contribution in [2.24, 2.45) is 4.99 Å². The van der Waals surface area contributed by atoms with Crippen LogP contribution in [0.15, 0.2) is 63.5 Å². The first kappa shape index (κ1) is 24.4. The molecule has 1 atom stereocenters. The molecule has 0 radical (unpaired) electrons. The van der Waals surface area contributed by atoms with Crippen LogP contribution in [0.5, 0.6) is 11.5 Å². The number of nitrogens with zero attached hydrogens (tertiary/aromatic N) is 2. The van der Waals surface area contributed by atoms with Gasteiger partial charge in [-0.15, -0.1) is 0 Å². The molecule has 0 aliphatic carbocycles. The molecule has 1 aliphatic rings. The maximum absolute atomic E-state index is 13.6. The summed E-state index contributed by atoms with van der Waals surface area (Å²) >= 11 is 7.67. The van der Waals surface area contributed by atoms with Gasteiger partial charge in [0.05, 0.1) is 30.0 Å². The number of hydrogen-bond donors (Lipinski definition) is 0. The molecule has 0 amide bonds. The lowest BCUT2D eigenvalue weighted by Gasteiger charge is -2.25. The molecule has 0 fully saturated rings. The predicted molar refractivity (Wildman–Crippen MR) is 132 cm³/mol. The van der Waals surface area contributed by atoms with Crippen molar-refractivity contribution in [3.05, 3.63) is 89.6 Å². The quantitative estimate of drug-likeness (QED) is 0.385. The lowest BCUT2D eigenvalue weighted by Crippen LogP contribution is -2.39. The molecule has 10 heteroatoms. The summed E-state index contributed by atoms with van der Waals surface area (Å²) in [4.78, 5) is 42.6. The minimum atomic E-state index is -0.796. The average Bonchev–Trinajstić information content (AvgIpc) is 3.13. The van der Waals surface area contributed by atoms with E-state index < -0.39 is 18.0 Å². The van der Waals surface area contributed by atoms with E-state index in [1.54, 1.807) is 55.5 Å². The molecule has 1 unspecified atom stereocenters. The third-order valence-corrected chi connectivity index (χ3v) is 6.69. The van der Waals surface area contributed by atoms with Gasteiger partial charge in [0, 0.05) is 11.9 Å². The standard InChI is InChI=1S/C25H21ClN2O6S/c1-13-21(24(31)33-4)22(16-7-5-6-8-17(16)26)28-23(30)20(35-25(28)27-13)12-15-9-10-18(34-14(2)29)19(11-15)32-3/h5-12,22H,1-4H3/b20-12+. The van der Waals surface area contributed by atoms with Crippen molar-refractivity contribution in [3.8, 4) is 11.5 Å². The Bertz CT molecular complexity index is 1550. The molecule has 0 N–H and O–H groups in total. The fourth-order valence-corrected chi connectivity index (χ4v) is 5.13. The highest BCUT2D eigenvalue weighted by molar-refractivity contribution is 7.07. The highest BCUT2D eigenvalue weighted by Crippen LogP contribution is 2.34.